The number of rotatable bonds is 1. The Morgan fingerprint density at radius 2 is 1.65 bits per heavy atom. The number of anilines is 1. The van der Waals surface area contributed by atoms with Gasteiger partial charge in [0.1, 0.15) is 0 Å². The van der Waals surface area contributed by atoms with Crippen LogP contribution in [0.5, 0.6) is 0 Å². The zero-order chi connectivity index (χ0) is 14.3. The van der Waals surface area contributed by atoms with Gasteiger partial charge in [0.25, 0.3) is 0 Å². The van der Waals surface area contributed by atoms with E-state index < -0.39 is 0 Å². The summed E-state index contributed by atoms with van der Waals surface area (Å²) in [7, 11) is 0. The molecule has 1 unspecified atom stereocenters. The predicted octanol–water partition coefficient (Wildman–Crippen LogP) is 3.55. The van der Waals surface area contributed by atoms with Gasteiger partial charge in [-0.25, -0.2) is 9.97 Å². The van der Waals surface area contributed by atoms with E-state index in [0.717, 1.165) is 29.8 Å². The molecule has 4 nitrogen and oxygen atoms in total. The molecule has 3 rings (SSSR count). The van der Waals surface area contributed by atoms with Gasteiger partial charge in [-0.3, -0.25) is 0 Å². The summed E-state index contributed by atoms with van der Waals surface area (Å²) in [5, 5.41) is 0.473. The third-order valence-corrected chi connectivity index (χ3v) is 3.97. The highest BCUT2D eigenvalue weighted by atomic mass is 35.5. The van der Waals surface area contributed by atoms with E-state index >= 15 is 0 Å². The van der Waals surface area contributed by atoms with Crippen molar-refractivity contribution >= 4 is 39.9 Å². The maximum Gasteiger partial charge on any atom is 0.167 e. The van der Waals surface area contributed by atoms with Crippen LogP contribution in [0.3, 0.4) is 0 Å². The number of aromatic nitrogens is 2. The van der Waals surface area contributed by atoms with Gasteiger partial charge in [0.2, 0.25) is 0 Å². The average Bonchev–Trinajstić information content (AvgIpc) is 2.38. The van der Waals surface area contributed by atoms with Crippen molar-refractivity contribution in [2.24, 2.45) is 0 Å². The van der Waals surface area contributed by atoms with Gasteiger partial charge in [-0.2, -0.15) is 0 Å². The molecule has 106 valence electrons. The molecule has 2 heterocycles. The number of nitrogens with zero attached hydrogens (tertiary/aromatic N) is 3. The number of ether oxygens (including phenoxy) is 1. The molecule has 0 spiro atoms. The lowest BCUT2D eigenvalue weighted by Crippen LogP contribution is -2.45. The Kier molecular flexibility index (Phi) is 3.71. The monoisotopic (exact) mass is 311 g/mol. The molecule has 2 atom stereocenters. The number of fused-ring (bicyclic) bond motifs is 1. The zero-order valence-electron chi connectivity index (χ0n) is 11.3. The van der Waals surface area contributed by atoms with Crippen LogP contribution in [0.1, 0.15) is 13.8 Å². The Hall–Kier alpha value is -1.10. The summed E-state index contributed by atoms with van der Waals surface area (Å²) in [5.74, 6) is 0. The first-order valence-corrected chi connectivity index (χ1v) is 7.32. The number of morpholine rings is 1. The molecular weight excluding hydrogens is 297 g/mol. The van der Waals surface area contributed by atoms with Gasteiger partial charge < -0.3 is 9.64 Å². The summed E-state index contributed by atoms with van der Waals surface area (Å²) in [6.07, 6.45) is 0.434. The Morgan fingerprint density at radius 1 is 1.05 bits per heavy atom. The topological polar surface area (TPSA) is 38.2 Å². The van der Waals surface area contributed by atoms with E-state index in [4.69, 9.17) is 27.9 Å². The van der Waals surface area contributed by atoms with Crippen molar-refractivity contribution in [3.8, 4) is 0 Å². The molecule has 1 aliphatic rings. The summed E-state index contributed by atoms with van der Waals surface area (Å²) < 4.78 is 5.75. The van der Waals surface area contributed by atoms with Crippen molar-refractivity contribution < 1.29 is 4.74 Å². The SMILES string of the molecule is CC1CN(c2ccc3nc(Cl)c(Cl)nc3c2)C[C@H](C)O1. The number of hydrogen-bond acceptors (Lipinski definition) is 4. The Bertz CT molecular complexity index is 640. The molecular formula is C14H15Cl2N3O. The summed E-state index contributed by atoms with van der Waals surface area (Å²) in [5.41, 5.74) is 2.60. The standard InChI is InChI=1S/C14H15Cl2N3O/c1-8-6-19(7-9(2)20-8)10-3-4-11-12(5-10)18-14(16)13(15)17-11/h3-5,8-9H,6-7H2,1-2H3/t8-,9?/m0/s1. The van der Waals surface area contributed by atoms with Gasteiger partial charge in [-0.1, -0.05) is 23.2 Å². The second kappa shape index (κ2) is 5.35. The predicted molar refractivity (Wildman–Crippen MR) is 81.8 cm³/mol. The smallest absolute Gasteiger partial charge is 0.167 e. The van der Waals surface area contributed by atoms with Crippen LogP contribution < -0.4 is 4.90 Å². The van der Waals surface area contributed by atoms with Crippen molar-refractivity contribution in [3.63, 3.8) is 0 Å². The minimum absolute atomic E-state index is 0.217. The highest BCUT2D eigenvalue weighted by Gasteiger charge is 2.22. The number of halogens is 2. The fourth-order valence-corrected chi connectivity index (χ4v) is 2.85. The maximum atomic E-state index is 5.93. The van der Waals surface area contributed by atoms with Crippen molar-refractivity contribution in [2.75, 3.05) is 18.0 Å². The van der Waals surface area contributed by atoms with Gasteiger partial charge >= 0.3 is 0 Å². The van der Waals surface area contributed by atoms with Crippen LogP contribution in [-0.4, -0.2) is 35.3 Å². The normalized spacial score (nSPS) is 23.3. The molecule has 0 radical (unpaired) electrons. The van der Waals surface area contributed by atoms with E-state index in [1.54, 1.807) is 0 Å². The molecule has 0 amide bonds. The lowest BCUT2D eigenvalue weighted by molar-refractivity contribution is -0.00521. The molecule has 1 aromatic heterocycles. The second-order valence-corrected chi connectivity index (χ2v) is 5.86. The largest absolute Gasteiger partial charge is 0.372 e. The van der Waals surface area contributed by atoms with Gasteiger partial charge in [-0.15, -0.1) is 0 Å². The molecule has 1 aromatic carbocycles. The van der Waals surface area contributed by atoms with Crippen LogP contribution in [-0.2, 0) is 4.74 Å². The van der Waals surface area contributed by atoms with Gasteiger partial charge in [0.05, 0.1) is 23.2 Å². The maximum absolute atomic E-state index is 5.93. The van der Waals surface area contributed by atoms with E-state index in [0.29, 0.717) is 0 Å². The molecule has 6 heteroatoms. The van der Waals surface area contributed by atoms with Crippen LogP contribution in [0.15, 0.2) is 18.2 Å². The number of benzene rings is 1. The highest BCUT2D eigenvalue weighted by Crippen LogP contribution is 2.26. The second-order valence-electron chi connectivity index (χ2n) is 5.14. The molecule has 1 aliphatic heterocycles. The third-order valence-electron chi connectivity index (χ3n) is 3.35. The molecule has 0 aliphatic carbocycles. The molecule has 2 aromatic rings. The molecule has 0 saturated carbocycles. The molecule has 20 heavy (non-hydrogen) atoms. The first-order chi connectivity index (χ1) is 9.52. The third kappa shape index (κ3) is 2.68. The van der Waals surface area contributed by atoms with E-state index in [2.05, 4.69) is 28.7 Å². The van der Waals surface area contributed by atoms with Crippen LogP contribution in [0.4, 0.5) is 5.69 Å². The van der Waals surface area contributed by atoms with Crippen molar-refractivity contribution in [2.45, 2.75) is 26.1 Å². The Morgan fingerprint density at radius 3 is 2.30 bits per heavy atom. The minimum Gasteiger partial charge on any atom is -0.372 e. The van der Waals surface area contributed by atoms with Crippen LogP contribution >= 0.6 is 23.2 Å². The minimum atomic E-state index is 0.217. The van der Waals surface area contributed by atoms with Crippen molar-refractivity contribution in [3.05, 3.63) is 28.5 Å². The lowest BCUT2D eigenvalue weighted by atomic mass is 10.2. The number of hydrogen-bond donors (Lipinski definition) is 0. The highest BCUT2D eigenvalue weighted by molar-refractivity contribution is 6.40. The fourth-order valence-electron chi connectivity index (χ4n) is 2.59. The van der Waals surface area contributed by atoms with E-state index in [-0.39, 0.29) is 22.5 Å². The van der Waals surface area contributed by atoms with Gasteiger partial charge in [-0.05, 0) is 32.0 Å². The molecule has 0 bridgehead atoms. The fraction of sp³-hybridized carbons (Fsp3) is 0.429. The average molecular weight is 312 g/mol. The van der Waals surface area contributed by atoms with Crippen molar-refractivity contribution in [1.82, 2.24) is 9.97 Å². The van der Waals surface area contributed by atoms with Crippen LogP contribution in [0, 0.1) is 0 Å². The molecule has 1 fully saturated rings. The first kappa shape index (κ1) is 13.9. The summed E-state index contributed by atoms with van der Waals surface area (Å²) in [6, 6.07) is 5.95. The quantitative estimate of drug-likeness (QED) is 0.807. The molecule has 1 saturated heterocycles. The summed E-state index contributed by atoms with van der Waals surface area (Å²) in [4.78, 5) is 10.8. The van der Waals surface area contributed by atoms with Crippen molar-refractivity contribution in [1.29, 1.82) is 0 Å². The van der Waals surface area contributed by atoms with E-state index in [1.165, 1.54) is 0 Å². The van der Waals surface area contributed by atoms with Crippen LogP contribution in [0.2, 0.25) is 10.3 Å². The summed E-state index contributed by atoms with van der Waals surface area (Å²) >= 11 is 11.8. The zero-order valence-corrected chi connectivity index (χ0v) is 12.8. The van der Waals surface area contributed by atoms with Gasteiger partial charge in [0.15, 0.2) is 10.3 Å². The van der Waals surface area contributed by atoms with Gasteiger partial charge in [0, 0.05) is 18.8 Å². The van der Waals surface area contributed by atoms with Crippen LogP contribution in [0.25, 0.3) is 11.0 Å². The van der Waals surface area contributed by atoms with E-state index in [9.17, 15) is 0 Å². The summed E-state index contributed by atoms with van der Waals surface area (Å²) in [6.45, 7) is 5.90. The van der Waals surface area contributed by atoms with E-state index in [1.807, 2.05) is 18.2 Å². The first-order valence-electron chi connectivity index (χ1n) is 6.56. The molecule has 0 N–H and O–H groups in total. The Labute approximate surface area is 127 Å². The Balaban J connectivity index is 1.98. The lowest BCUT2D eigenvalue weighted by Gasteiger charge is -2.36.